The highest BCUT2D eigenvalue weighted by Gasteiger charge is 2.57. The molecule has 2 aliphatic carbocycles. The second-order valence-electron chi connectivity index (χ2n) is 6.39. The van der Waals surface area contributed by atoms with Crippen molar-refractivity contribution in [1.29, 1.82) is 0 Å². The summed E-state index contributed by atoms with van der Waals surface area (Å²) in [6.45, 7) is 1.63. The number of ether oxygens (including phenoxy) is 2. The van der Waals surface area contributed by atoms with Crippen molar-refractivity contribution in [1.82, 2.24) is 15.1 Å². The average Bonchev–Trinajstić information content (AvgIpc) is 2.92. The van der Waals surface area contributed by atoms with E-state index in [2.05, 4.69) is 15.1 Å². The van der Waals surface area contributed by atoms with Crippen molar-refractivity contribution in [2.75, 3.05) is 13.2 Å². The Labute approximate surface area is 127 Å². The lowest BCUT2D eigenvalue weighted by atomic mass is 9.96. The summed E-state index contributed by atoms with van der Waals surface area (Å²) in [6, 6.07) is 3.77. The van der Waals surface area contributed by atoms with Gasteiger partial charge in [0.25, 0.3) is 0 Å². The maximum atomic E-state index is 5.90. The van der Waals surface area contributed by atoms with Gasteiger partial charge in [0, 0.05) is 18.2 Å². The van der Waals surface area contributed by atoms with Crippen molar-refractivity contribution in [2.24, 2.45) is 11.8 Å². The van der Waals surface area contributed by atoms with Crippen molar-refractivity contribution in [3.8, 4) is 17.3 Å². The molecule has 0 aromatic carbocycles. The lowest BCUT2D eigenvalue weighted by Crippen LogP contribution is -2.24. The van der Waals surface area contributed by atoms with Gasteiger partial charge in [0.1, 0.15) is 11.4 Å². The standard InChI is InChI=1S/C16H17N3O3/c1-2-9(3-1)21-10-4-5-17-13(6-10)15-18-16(22-19-15)14-11-7-20-8-12(11)14/h4-6,9,11-12,14H,1-3,7-8H2/t11-,12+,14?. The summed E-state index contributed by atoms with van der Waals surface area (Å²) in [5.41, 5.74) is 0.703. The largest absolute Gasteiger partial charge is 0.490 e. The predicted octanol–water partition coefficient (Wildman–Crippen LogP) is 2.42. The molecule has 6 nitrogen and oxygen atoms in total. The third-order valence-corrected chi connectivity index (χ3v) is 4.99. The van der Waals surface area contributed by atoms with Crippen molar-refractivity contribution in [2.45, 2.75) is 31.3 Å². The van der Waals surface area contributed by atoms with Gasteiger partial charge in [0.05, 0.1) is 19.3 Å². The highest BCUT2D eigenvalue weighted by atomic mass is 16.5. The molecule has 0 radical (unpaired) electrons. The van der Waals surface area contributed by atoms with E-state index in [0.717, 1.165) is 37.7 Å². The Morgan fingerprint density at radius 3 is 2.82 bits per heavy atom. The number of pyridine rings is 1. The van der Waals surface area contributed by atoms with Crippen LogP contribution in [0.3, 0.4) is 0 Å². The van der Waals surface area contributed by atoms with Crippen LogP contribution in [0.5, 0.6) is 5.75 Å². The van der Waals surface area contributed by atoms with Crippen LogP contribution in [0.1, 0.15) is 31.1 Å². The van der Waals surface area contributed by atoms with E-state index < -0.39 is 0 Å². The number of fused-ring (bicyclic) bond motifs is 1. The molecule has 0 amide bonds. The fourth-order valence-electron chi connectivity index (χ4n) is 3.37. The molecule has 3 heterocycles. The van der Waals surface area contributed by atoms with Crippen LogP contribution in [-0.4, -0.2) is 34.4 Å². The van der Waals surface area contributed by atoms with Crippen LogP contribution in [0.25, 0.3) is 11.5 Å². The first-order valence-corrected chi connectivity index (χ1v) is 7.93. The topological polar surface area (TPSA) is 70.3 Å². The van der Waals surface area contributed by atoms with Gasteiger partial charge < -0.3 is 14.0 Å². The molecule has 1 unspecified atom stereocenters. The number of nitrogens with zero attached hydrogens (tertiary/aromatic N) is 3. The molecule has 0 spiro atoms. The first kappa shape index (κ1) is 12.6. The van der Waals surface area contributed by atoms with E-state index >= 15 is 0 Å². The Balaban J connectivity index is 1.36. The Morgan fingerprint density at radius 2 is 2.05 bits per heavy atom. The van der Waals surface area contributed by atoms with Gasteiger partial charge in [-0.1, -0.05) is 5.16 Å². The Morgan fingerprint density at radius 1 is 1.18 bits per heavy atom. The van der Waals surface area contributed by atoms with Crippen molar-refractivity contribution in [3.05, 3.63) is 24.2 Å². The second kappa shape index (κ2) is 4.78. The van der Waals surface area contributed by atoms with Gasteiger partial charge in [-0.15, -0.1) is 0 Å². The molecule has 114 valence electrons. The zero-order valence-corrected chi connectivity index (χ0v) is 12.1. The van der Waals surface area contributed by atoms with E-state index in [1.807, 2.05) is 12.1 Å². The number of hydrogen-bond acceptors (Lipinski definition) is 6. The Hall–Kier alpha value is -1.95. The van der Waals surface area contributed by atoms with Gasteiger partial charge in [-0.2, -0.15) is 4.98 Å². The second-order valence-corrected chi connectivity index (χ2v) is 6.39. The summed E-state index contributed by atoms with van der Waals surface area (Å²) >= 11 is 0. The van der Waals surface area contributed by atoms with E-state index in [0.29, 0.717) is 35.4 Å². The molecule has 3 fully saturated rings. The molecule has 0 bridgehead atoms. The Bertz CT molecular complexity index is 687. The fourth-order valence-corrected chi connectivity index (χ4v) is 3.37. The van der Waals surface area contributed by atoms with Crippen LogP contribution in [0.2, 0.25) is 0 Å². The zero-order chi connectivity index (χ0) is 14.5. The fraction of sp³-hybridized carbons (Fsp3) is 0.562. The van der Waals surface area contributed by atoms with Gasteiger partial charge >= 0.3 is 0 Å². The molecule has 2 aromatic heterocycles. The summed E-state index contributed by atoms with van der Waals surface area (Å²) in [5.74, 6) is 3.60. The van der Waals surface area contributed by atoms with Crippen LogP contribution in [0.4, 0.5) is 0 Å². The van der Waals surface area contributed by atoms with E-state index in [4.69, 9.17) is 14.0 Å². The first-order valence-electron chi connectivity index (χ1n) is 7.93. The van der Waals surface area contributed by atoms with Gasteiger partial charge in [-0.25, -0.2) is 0 Å². The van der Waals surface area contributed by atoms with Crippen LogP contribution in [0, 0.1) is 11.8 Å². The molecule has 6 heteroatoms. The van der Waals surface area contributed by atoms with Crippen LogP contribution >= 0.6 is 0 Å². The lowest BCUT2D eigenvalue weighted by Gasteiger charge is -2.26. The van der Waals surface area contributed by atoms with E-state index in [9.17, 15) is 0 Å². The minimum Gasteiger partial charge on any atom is -0.490 e. The summed E-state index contributed by atoms with van der Waals surface area (Å²) in [4.78, 5) is 8.86. The quantitative estimate of drug-likeness (QED) is 0.863. The summed E-state index contributed by atoms with van der Waals surface area (Å²) in [7, 11) is 0. The molecule has 5 rings (SSSR count). The third kappa shape index (κ3) is 2.01. The van der Waals surface area contributed by atoms with Crippen molar-refractivity contribution < 1.29 is 14.0 Å². The number of rotatable bonds is 4. The maximum absolute atomic E-state index is 5.90. The molecule has 2 saturated carbocycles. The normalized spacial score (nSPS) is 29.9. The van der Waals surface area contributed by atoms with E-state index in [1.54, 1.807) is 6.20 Å². The SMILES string of the molecule is c1cc(OC2CCC2)cc(-c2noc(C3[C@H]4COC[C@@H]34)n2)n1. The minimum atomic E-state index is 0.349. The molecule has 3 aliphatic rings. The maximum Gasteiger partial charge on any atom is 0.230 e. The lowest BCUT2D eigenvalue weighted by molar-refractivity contribution is 0.120. The summed E-state index contributed by atoms with van der Waals surface area (Å²) < 4.78 is 16.7. The van der Waals surface area contributed by atoms with E-state index in [-0.39, 0.29) is 0 Å². The smallest absolute Gasteiger partial charge is 0.230 e. The number of hydrogen-bond donors (Lipinski definition) is 0. The summed E-state index contributed by atoms with van der Waals surface area (Å²) in [6.07, 6.45) is 5.61. The predicted molar refractivity (Wildman–Crippen MR) is 76.3 cm³/mol. The van der Waals surface area contributed by atoms with Crippen molar-refractivity contribution in [3.63, 3.8) is 0 Å². The van der Waals surface area contributed by atoms with Crippen LogP contribution in [0.15, 0.2) is 22.9 Å². The first-order chi connectivity index (χ1) is 10.9. The van der Waals surface area contributed by atoms with Gasteiger partial charge in [-0.3, -0.25) is 4.98 Å². The molecule has 1 saturated heterocycles. The molecule has 0 N–H and O–H groups in total. The monoisotopic (exact) mass is 299 g/mol. The summed E-state index contributed by atoms with van der Waals surface area (Å²) in [5, 5.41) is 4.08. The van der Waals surface area contributed by atoms with Gasteiger partial charge in [0.15, 0.2) is 0 Å². The zero-order valence-electron chi connectivity index (χ0n) is 12.1. The molecular formula is C16H17N3O3. The van der Waals surface area contributed by atoms with Crippen LogP contribution < -0.4 is 4.74 Å². The minimum absolute atomic E-state index is 0.349. The van der Waals surface area contributed by atoms with Gasteiger partial charge in [-0.05, 0) is 37.2 Å². The molecule has 3 atom stereocenters. The van der Waals surface area contributed by atoms with Crippen LogP contribution in [-0.2, 0) is 4.74 Å². The molecule has 22 heavy (non-hydrogen) atoms. The molecule has 2 aromatic rings. The van der Waals surface area contributed by atoms with E-state index in [1.165, 1.54) is 6.42 Å². The van der Waals surface area contributed by atoms with Gasteiger partial charge in [0.2, 0.25) is 11.7 Å². The third-order valence-electron chi connectivity index (χ3n) is 4.99. The number of aromatic nitrogens is 3. The molecular weight excluding hydrogens is 282 g/mol. The average molecular weight is 299 g/mol. The molecule has 1 aliphatic heterocycles. The van der Waals surface area contributed by atoms with Crippen molar-refractivity contribution >= 4 is 0 Å². The highest BCUT2D eigenvalue weighted by molar-refractivity contribution is 5.51. The Kier molecular flexibility index (Phi) is 2.73. The highest BCUT2D eigenvalue weighted by Crippen LogP contribution is 2.57.